The van der Waals surface area contributed by atoms with Crippen LogP contribution in [-0.2, 0) is 0 Å². The Bertz CT molecular complexity index is 514. The Balaban J connectivity index is 2.14. The van der Waals surface area contributed by atoms with Gasteiger partial charge in [0.1, 0.15) is 5.69 Å². The fourth-order valence-corrected chi connectivity index (χ4v) is 1.77. The predicted molar refractivity (Wildman–Crippen MR) is 62.9 cm³/mol. The number of nitrogens with two attached hydrogens (primary N) is 1. The zero-order chi connectivity index (χ0) is 12.1. The number of pyridine rings is 1. The van der Waals surface area contributed by atoms with Crippen molar-refractivity contribution in [3.05, 3.63) is 42.5 Å². The highest BCUT2D eigenvalue weighted by Crippen LogP contribution is 2.22. The molecular weight excluding hydrogens is 238 g/mol. The van der Waals surface area contributed by atoms with Crippen LogP contribution in [0.4, 0.5) is 0 Å². The second kappa shape index (κ2) is 5.26. The van der Waals surface area contributed by atoms with E-state index in [0.29, 0.717) is 10.9 Å². The molecule has 0 fully saturated rings. The van der Waals surface area contributed by atoms with Crippen molar-refractivity contribution in [3.8, 4) is 0 Å². The zero-order valence-corrected chi connectivity index (χ0v) is 9.50. The lowest BCUT2D eigenvalue weighted by Crippen LogP contribution is -2.14. The van der Waals surface area contributed by atoms with Gasteiger partial charge in [0.15, 0.2) is 11.0 Å². The van der Waals surface area contributed by atoms with Crippen molar-refractivity contribution in [2.45, 2.75) is 10.1 Å². The normalized spacial score (nSPS) is 11.4. The second-order valence-corrected chi connectivity index (χ2v) is 4.04. The summed E-state index contributed by atoms with van der Waals surface area (Å²) in [5, 5.41) is 12.0. The van der Waals surface area contributed by atoms with Crippen molar-refractivity contribution in [2.75, 3.05) is 0 Å². The van der Waals surface area contributed by atoms with Crippen LogP contribution in [0.1, 0.15) is 5.69 Å². The van der Waals surface area contributed by atoms with E-state index >= 15 is 0 Å². The van der Waals surface area contributed by atoms with Gasteiger partial charge in [0, 0.05) is 23.5 Å². The largest absolute Gasteiger partial charge is 0.409 e. The monoisotopic (exact) mass is 247 g/mol. The summed E-state index contributed by atoms with van der Waals surface area (Å²) in [6.07, 6.45) is 4.97. The molecule has 0 atom stereocenters. The summed E-state index contributed by atoms with van der Waals surface area (Å²) >= 11 is 1.39. The Morgan fingerprint density at radius 2 is 2.00 bits per heavy atom. The van der Waals surface area contributed by atoms with E-state index in [0.717, 1.165) is 4.90 Å². The average molecular weight is 247 g/mol. The van der Waals surface area contributed by atoms with E-state index in [4.69, 9.17) is 10.9 Å². The first-order valence-electron chi connectivity index (χ1n) is 4.68. The van der Waals surface area contributed by atoms with Crippen molar-refractivity contribution in [1.29, 1.82) is 0 Å². The maximum absolute atomic E-state index is 8.49. The molecule has 3 N–H and O–H groups in total. The van der Waals surface area contributed by atoms with Crippen LogP contribution in [-0.4, -0.2) is 26.0 Å². The van der Waals surface area contributed by atoms with Crippen LogP contribution in [0.5, 0.6) is 0 Å². The van der Waals surface area contributed by atoms with E-state index in [1.165, 1.54) is 11.8 Å². The van der Waals surface area contributed by atoms with Gasteiger partial charge in [-0.2, -0.15) is 0 Å². The fraction of sp³-hybridized carbons (Fsp3) is 0. The minimum Gasteiger partial charge on any atom is -0.409 e. The molecule has 2 aromatic rings. The molecule has 2 heterocycles. The van der Waals surface area contributed by atoms with Gasteiger partial charge in [-0.25, -0.2) is 9.97 Å². The summed E-state index contributed by atoms with van der Waals surface area (Å²) in [5.41, 5.74) is 5.82. The van der Waals surface area contributed by atoms with Crippen molar-refractivity contribution in [2.24, 2.45) is 10.9 Å². The number of nitrogens with zero attached hydrogens (tertiary/aromatic N) is 4. The van der Waals surface area contributed by atoms with Crippen LogP contribution in [0.25, 0.3) is 0 Å². The van der Waals surface area contributed by atoms with Crippen LogP contribution in [0.3, 0.4) is 0 Å². The zero-order valence-electron chi connectivity index (χ0n) is 8.69. The fourth-order valence-electron chi connectivity index (χ4n) is 1.09. The van der Waals surface area contributed by atoms with Gasteiger partial charge in [0.25, 0.3) is 0 Å². The summed E-state index contributed by atoms with van der Waals surface area (Å²) in [5.74, 6) is -0.0162. The maximum atomic E-state index is 8.49. The molecule has 0 unspecified atom stereocenters. The lowest BCUT2D eigenvalue weighted by atomic mass is 10.3. The number of rotatable bonds is 3. The van der Waals surface area contributed by atoms with Crippen molar-refractivity contribution < 1.29 is 5.21 Å². The van der Waals surface area contributed by atoms with E-state index < -0.39 is 0 Å². The minimum atomic E-state index is -0.0162. The number of hydrogen-bond acceptors (Lipinski definition) is 6. The highest BCUT2D eigenvalue weighted by atomic mass is 32.2. The van der Waals surface area contributed by atoms with Crippen LogP contribution in [0.15, 0.2) is 52.0 Å². The lowest BCUT2D eigenvalue weighted by Gasteiger charge is -2.00. The van der Waals surface area contributed by atoms with Gasteiger partial charge in [-0.1, -0.05) is 5.16 Å². The molecule has 0 bridgehead atoms. The Kier molecular flexibility index (Phi) is 3.51. The molecule has 2 aromatic heterocycles. The van der Waals surface area contributed by atoms with E-state index in [2.05, 4.69) is 20.1 Å². The van der Waals surface area contributed by atoms with Gasteiger partial charge in [-0.3, -0.25) is 4.98 Å². The molecule has 17 heavy (non-hydrogen) atoms. The number of aromatic nitrogens is 3. The molecule has 2 rings (SSSR count). The highest BCUT2D eigenvalue weighted by molar-refractivity contribution is 7.99. The topological polar surface area (TPSA) is 97.3 Å². The molecule has 0 aliphatic carbocycles. The van der Waals surface area contributed by atoms with Crippen molar-refractivity contribution in [1.82, 2.24) is 15.0 Å². The Morgan fingerprint density at radius 3 is 2.59 bits per heavy atom. The Morgan fingerprint density at radius 1 is 1.24 bits per heavy atom. The van der Waals surface area contributed by atoms with Crippen LogP contribution in [0.2, 0.25) is 0 Å². The Labute approximate surface area is 102 Å². The smallest absolute Gasteiger partial charge is 0.192 e. The first-order chi connectivity index (χ1) is 8.29. The first-order valence-corrected chi connectivity index (χ1v) is 5.50. The minimum absolute atomic E-state index is 0.0162. The summed E-state index contributed by atoms with van der Waals surface area (Å²) in [7, 11) is 0. The third-order valence-electron chi connectivity index (χ3n) is 1.86. The lowest BCUT2D eigenvalue weighted by molar-refractivity contribution is 0.318. The number of hydrogen-bond donors (Lipinski definition) is 2. The molecular formula is C10H9N5OS. The molecule has 0 aromatic carbocycles. The standard InChI is InChI=1S/C10H9N5OS/c11-9(15-16)8-3-2-7(6-14-8)17-10-12-4-1-5-13-10/h1-6,16H,(H2,11,15). The number of amidine groups is 1. The van der Waals surface area contributed by atoms with Gasteiger partial charge in [0.2, 0.25) is 0 Å². The van der Waals surface area contributed by atoms with Crippen LogP contribution in [0, 0.1) is 0 Å². The summed E-state index contributed by atoms with van der Waals surface area (Å²) in [6, 6.07) is 5.23. The SMILES string of the molecule is N/C(=N/O)c1ccc(Sc2ncccn2)cn1. The molecule has 86 valence electrons. The molecule has 6 nitrogen and oxygen atoms in total. The van der Waals surface area contributed by atoms with E-state index in [9.17, 15) is 0 Å². The van der Waals surface area contributed by atoms with Crippen LogP contribution >= 0.6 is 11.8 Å². The van der Waals surface area contributed by atoms with Gasteiger partial charge in [-0.15, -0.1) is 0 Å². The van der Waals surface area contributed by atoms with Gasteiger partial charge < -0.3 is 10.9 Å². The van der Waals surface area contributed by atoms with Crippen molar-refractivity contribution >= 4 is 17.6 Å². The maximum Gasteiger partial charge on any atom is 0.192 e. The Hall–Kier alpha value is -2.15. The first kappa shape index (κ1) is 11.3. The van der Waals surface area contributed by atoms with Crippen LogP contribution < -0.4 is 5.73 Å². The molecule has 0 saturated heterocycles. The average Bonchev–Trinajstić information content (AvgIpc) is 2.40. The summed E-state index contributed by atoms with van der Waals surface area (Å²) in [4.78, 5) is 13.1. The highest BCUT2D eigenvalue weighted by Gasteiger charge is 2.03. The molecule has 0 spiro atoms. The molecule has 0 saturated carbocycles. The summed E-state index contributed by atoms with van der Waals surface area (Å²) in [6.45, 7) is 0. The molecule has 0 aliphatic rings. The second-order valence-electron chi connectivity index (χ2n) is 3.00. The van der Waals surface area contributed by atoms with E-state index in [-0.39, 0.29) is 5.84 Å². The van der Waals surface area contributed by atoms with Gasteiger partial charge >= 0.3 is 0 Å². The summed E-state index contributed by atoms with van der Waals surface area (Å²) < 4.78 is 0. The molecule has 0 radical (unpaired) electrons. The quantitative estimate of drug-likeness (QED) is 0.277. The van der Waals surface area contributed by atoms with Crippen molar-refractivity contribution in [3.63, 3.8) is 0 Å². The van der Waals surface area contributed by atoms with Gasteiger partial charge in [-0.05, 0) is 30.0 Å². The third-order valence-corrected chi connectivity index (χ3v) is 2.73. The number of oxime groups is 1. The molecule has 0 aliphatic heterocycles. The van der Waals surface area contributed by atoms with E-state index in [1.807, 2.05) is 0 Å². The van der Waals surface area contributed by atoms with E-state index in [1.54, 1.807) is 36.8 Å². The molecule has 7 heteroatoms. The third kappa shape index (κ3) is 2.91. The van der Waals surface area contributed by atoms with Gasteiger partial charge in [0.05, 0.1) is 0 Å². The predicted octanol–water partition coefficient (Wildman–Crippen LogP) is 1.12. The molecule has 0 amide bonds.